The molecule has 0 aliphatic carbocycles. The molecule has 3 aromatic rings. The van der Waals surface area contributed by atoms with Crippen molar-refractivity contribution in [3.05, 3.63) is 63.6 Å². The fraction of sp³-hybridized carbons (Fsp3) is 0.300. The SMILES string of the molecule is CCCN(C)C(=O)Cn1c(Cc2ccc(F)cc2)nc2cc(Cl)c(Cl)cc21. The molecule has 1 amide bonds. The lowest BCUT2D eigenvalue weighted by Crippen LogP contribution is -2.31. The van der Waals surface area contributed by atoms with Crippen molar-refractivity contribution >= 4 is 40.1 Å². The van der Waals surface area contributed by atoms with Gasteiger partial charge in [-0.1, -0.05) is 42.3 Å². The molecule has 0 radical (unpaired) electrons. The molecule has 3 rings (SSSR count). The lowest BCUT2D eigenvalue weighted by atomic mass is 10.1. The smallest absolute Gasteiger partial charge is 0.242 e. The Labute approximate surface area is 167 Å². The molecule has 0 atom stereocenters. The number of likely N-dealkylation sites (N-methyl/N-ethyl adjacent to an activating group) is 1. The molecule has 0 fully saturated rings. The summed E-state index contributed by atoms with van der Waals surface area (Å²) in [6, 6.07) is 9.68. The fourth-order valence-corrected chi connectivity index (χ4v) is 3.30. The molecule has 1 heterocycles. The quantitative estimate of drug-likeness (QED) is 0.580. The Hall–Kier alpha value is -2.11. The van der Waals surface area contributed by atoms with E-state index in [1.807, 2.05) is 11.5 Å². The third-order valence-corrected chi connectivity index (χ3v) is 5.15. The van der Waals surface area contributed by atoms with Crippen LogP contribution in [0.15, 0.2) is 36.4 Å². The van der Waals surface area contributed by atoms with E-state index < -0.39 is 0 Å². The molecule has 0 spiro atoms. The van der Waals surface area contributed by atoms with Crippen LogP contribution in [0, 0.1) is 5.82 Å². The van der Waals surface area contributed by atoms with Crippen LogP contribution in [0.4, 0.5) is 4.39 Å². The van der Waals surface area contributed by atoms with Gasteiger partial charge in [-0.2, -0.15) is 0 Å². The number of halogens is 3. The summed E-state index contributed by atoms with van der Waals surface area (Å²) in [7, 11) is 1.79. The Morgan fingerprint density at radius 1 is 1.19 bits per heavy atom. The molecule has 27 heavy (non-hydrogen) atoms. The molecule has 1 aromatic heterocycles. The van der Waals surface area contributed by atoms with Gasteiger partial charge in [0.1, 0.15) is 18.2 Å². The summed E-state index contributed by atoms with van der Waals surface area (Å²) in [6.45, 7) is 2.87. The monoisotopic (exact) mass is 407 g/mol. The second kappa shape index (κ2) is 8.28. The summed E-state index contributed by atoms with van der Waals surface area (Å²) in [4.78, 5) is 19.0. The highest BCUT2D eigenvalue weighted by Crippen LogP contribution is 2.29. The molecule has 0 unspecified atom stereocenters. The molecule has 142 valence electrons. The number of fused-ring (bicyclic) bond motifs is 1. The summed E-state index contributed by atoms with van der Waals surface area (Å²) in [5.41, 5.74) is 2.33. The van der Waals surface area contributed by atoms with Gasteiger partial charge in [0.15, 0.2) is 0 Å². The van der Waals surface area contributed by atoms with Gasteiger partial charge in [-0.15, -0.1) is 0 Å². The van der Waals surface area contributed by atoms with Gasteiger partial charge >= 0.3 is 0 Å². The van der Waals surface area contributed by atoms with E-state index in [-0.39, 0.29) is 18.3 Å². The molecular weight excluding hydrogens is 388 g/mol. The van der Waals surface area contributed by atoms with Crippen molar-refractivity contribution < 1.29 is 9.18 Å². The maximum Gasteiger partial charge on any atom is 0.242 e. The summed E-state index contributed by atoms with van der Waals surface area (Å²) < 4.78 is 15.1. The Kier molecular flexibility index (Phi) is 6.02. The Morgan fingerprint density at radius 2 is 1.85 bits per heavy atom. The predicted molar refractivity (Wildman–Crippen MR) is 107 cm³/mol. The number of carbonyl (C=O) groups is 1. The zero-order valence-corrected chi connectivity index (χ0v) is 16.7. The first-order valence-corrected chi connectivity index (χ1v) is 9.47. The maximum absolute atomic E-state index is 13.2. The van der Waals surface area contributed by atoms with E-state index >= 15 is 0 Å². The van der Waals surface area contributed by atoms with Crippen molar-refractivity contribution in [2.45, 2.75) is 26.3 Å². The van der Waals surface area contributed by atoms with Gasteiger partial charge in [-0.25, -0.2) is 9.37 Å². The van der Waals surface area contributed by atoms with E-state index in [1.54, 1.807) is 36.2 Å². The number of benzene rings is 2. The van der Waals surface area contributed by atoms with E-state index in [9.17, 15) is 9.18 Å². The van der Waals surface area contributed by atoms with Gasteiger partial charge in [-0.3, -0.25) is 4.79 Å². The van der Waals surface area contributed by atoms with Crippen molar-refractivity contribution in [1.82, 2.24) is 14.5 Å². The highest BCUT2D eigenvalue weighted by molar-refractivity contribution is 6.42. The first-order chi connectivity index (χ1) is 12.9. The lowest BCUT2D eigenvalue weighted by molar-refractivity contribution is -0.130. The van der Waals surface area contributed by atoms with Gasteiger partial charge in [-0.05, 0) is 36.2 Å². The zero-order valence-electron chi connectivity index (χ0n) is 15.2. The average molecular weight is 408 g/mol. The number of amides is 1. The number of carbonyl (C=O) groups excluding carboxylic acids is 1. The predicted octanol–water partition coefficient (Wildman–Crippen LogP) is 4.94. The van der Waals surface area contributed by atoms with Crippen molar-refractivity contribution in [3.8, 4) is 0 Å². The van der Waals surface area contributed by atoms with Crippen LogP contribution in [-0.4, -0.2) is 34.0 Å². The second-order valence-electron chi connectivity index (χ2n) is 6.49. The highest BCUT2D eigenvalue weighted by atomic mass is 35.5. The summed E-state index contributed by atoms with van der Waals surface area (Å²) in [6.07, 6.45) is 1.35. The third kappa shape index (κ3) is 4.42. The number of aromatic nitrogens is 2. The van der Waals surface area contributed by atoms with Crippen LogP contribution in [0.25, 0.3) is 11.0 Å². The van der Waals surface area contributed by atoms with Crippen LogP contribution in [0.3, 0.4) is 0 Å². The molecule has 2 aromatic carbocycles. The summed E-state index contributed by atoms with van der Waals surface area (Å²) >= 11 is 12.3. The van der Waals surface area contributed by atoms with Gasteiger partial charge in [0.25, 0.3) is 0 Å². The number of imidazole rings is 1. The minimum Gasteiger partial charge on any atom is -0.344 e. The van der Waals surface area contributed by atoms with Gasteiger partial charge in [0, 0.05) is 20.0 Å². The normalized spacial score (nSPS) is 11.1. The van der Waals surface area contributed by atoms with Gasteiger partial charge < -0.3 is 9.47 Å². The number of nitrogens with zero attached hydrogens (tertiary/aromatic N) is 3. The molecule has 4 nitrogen and oxygen atoms in total. The number of hydrogen-bond donors (Lipinski definition) is 0. The standard InChI is InChI=1S/C20H20Cl2FN3O/c1-3-8-25(2)20(27)12-26-18-11-16(22)15(21)10-17(18)24-19(26)9-13-4-6-14(23)7-5-13/h4-7,10-11H,3,8-9,12H2,1-2H3. The lowest BCUT2D eigenvalue weighted by Gasteiger charge is -2.18. The minimum atomic E-state index is -0.290. The molecule has 0 aliphatic heterocycles. The van der Waals surface area contributed by atoms with Crippen LogP contribution in [0.1, 0.15) is 24.7 Å². The molecular formula is C20H20Cl2FN3O. The maximum atomic E-state index is 13.2. The van der Waals surface area contributed by atoms with E-state index in [0.717, 1.165) is 17.5 Å². The van der Waals surface area contributed by atoms with E-state index in [4.69, 9.17) is 23.2 Å². The molecule has 0 saturated carbocycles. The van der Waals surface area contributed by atoms with Crippen LogP contribution < -0.4 is 0 Å². The first kappa shape index (κ1) is 19.6. The molecule has 0 bridgehead atoms. The highest BCUT2D eigenvalue weighted by Gasteiger charge is 2.17. The molecule has 0 N–H and O–H groups in total. The van der Waals surface area contributed by atoms with Crippen molar-refractivity contribution in [3.63, 3.8) is 0 Å². The topological polar surface area (TPSA) is 38.1 Å². The molecule has 0 aliphatic rings. The van der Waals surface area contributed by atoms with Crippen LogP contribution in [0.5, 0.6) is 0 Å². The largest absolute Gasteiger partial charge is 0.344 e. The zero-order chi connectivity index (χ0) is 19.6. The Bertz CT molecular complexity index is 970. The van der Waals surface area contributed by atoms with E-state index in [0.29, 0.717) is 34.4 Å². The minimum absolute atomic E-state index is 0.0115. The first-order valence-electron chi connectivity index (χ1n) is 8.71. The Morgan fingerprint density at radius 3 is 2.52 bits per heavy atom. The van der Waals surface area contributed by atoms with E-state index in [1.165, 1.54) is 12.1 Å². The second-order valence-corrected chi connectivity index (χ2v) is 7.30. The summed E-state index contributed by atoms with van der Waals surface area (Å²) in [5, 5.41) is 0.824. The van der Waals surface area contributed by atoms with Crippen molar-refractivity contribution in [1.29, 1.82) is 0 Å². The van der Waals surface area contributed by atoms with E-state index in [2.05, 4.69) is 4.98 Å². The van der Waals surface area contributed by atoms with Crippen LogP contribution in [0.2, 0.25) is 10.0 Å². The Balaban J connectivity index is 2.02. The van der Waals surface area contributed by atoms with Crippen LogP contribution in [-0.2, 0) is 17.8 Å². The molecule has 0 saturated heterocycles. The third-order valence-electron chi connectivity index (χ3n) is 4.42. The van der Waals surface area contributed by atoms with Crippen molar-refractivity contribution in [2.75, 3.05) is 13.6 Å². The van der Waals surface area contributed by atoms with Gasteiger partial charge in [0.2, 0.25) is 5.91 Å². The fourth-order valence-electron chi connectivity index (χ4n) is 2.98. The summed E-state index contributed by atoms with van der Waals surface area (Å²) in [5.74, 6) is 0.401. The van der Waals surface area contributed by atoms with Crippen LogP contribution >= 0.6 is 23.2 Å². The number of rotatable bonds is 6. The molecule has 7 heteroatoms. The number of hydrogen-bond acceptors (Lipinski definition) is 2. The average Bonchev–Trinajstić information content (AvgIpc) is 2.94. The van der Waals surface area contributed by atoms with Crippen molar-refractivity contribution in [2.24, 2.45) is 0 Å². The van der Waals surface area contributed by atoms with Gasteiger partial charge in [0.05, 0.1) is 21.1 Å².